The fourth-order valence-electron chi connectivity index (χ4n) is 4.68. The number of aromatic nitrogens is 2. The molecule has 3 heterocycles. The number of nitrogens with two attached hydrogens (primary N) is 1. The summed E-state index contributed by atoms with van der Waals surface area (Å²) in [6.07, 6.45) is 5.62. The number of nitrogens with zero attached hydrogens (tertiary/aromatic N) is 3. The number of anilines is 2. The van der Waals surface area contributed by atoms with E-state index < -0.39 is 0 Å². The van der Waals surface area contributed by atoms with Crippen LogP contribution >= 0.6 is 11.3 Å². The zero-order valence-electron chi connectivity index (χ0n) is 17.9. The third kappa shape index (κ3) is 3.85. The quantitative estimate of drug-likeness (QED) is 0.582. The normalized spacial score (nSPS) is 20.8. The molecule has 2 aliphatic rings. The maximum Gasteiger partial charge on any atom is 0.263 e. The van der Waals surface area contributed by atoms with E-state index in [-0.39, 0.29) is 11.9 Å². The number of fused-ring (bicyclic) bond motifs is 2. The van der Waals surface area contributed by atoms with E-state index in [1.54, 1.807) is 6.20 Å². The van der Waals surface area contributed by atoms with Crippen molar-refractivity contribution in [2.24, 2.45) is 0 Å². The number of carbonyl (C=O) groups excluding carboxylic acids is 1. The molecule has 1 unspecified atom stereocenters. The van der Waals surface area contributed by atoms with Crippen LogP contribution in [-0.4, -0.2) is 48.1 Å². The van der Waals surface area contributed by atoms with Crippen LogP contribution in [0.25, 0.3) is 10.3 Å². The van der Waals surface area contributed by atoms with Gasteiger partial charge in [-0.25, -0.2) is 9.97 Å². The summed E-state index contributed by atoms with van der Waals surface area (Å²) in [4.78, 5) is 25.4. The summed E-state index contributed by atoms with van der Waals surface area (Å²) in [6, 6.07) is 7.49. The molecule has 2 atom stereocenters. The van der Waals surface area contributed by atoms with E-state index in [4.69, 9.17) is 5.73 Å². The minimum Gasteiger partial charge on any atom is -0.396 e. The second kappa shape index (κ2) is 8.09. The van der Waals surface area contributed by atoms with Gasteiger partial charge in [-0.3, -0.25) is 4.79 Å². The molecular formula is C23H28N6OS. The number of aryl methyl sites for hydroxylation is 2. The molecule has 7 nitrogen and oxygen atoms in total. The molecule has 1 saturated heterocycles. The third-order valence-electron chi connectivity index (χ3n) is 6.48. The van der Waals surface area contributed by atoms with Crippen molar-refractivity contribution in [1.29, 1.82) is 0 Å². The van der Waals surface area contributed by atoms with Gasteiger partial charge in [0.1, 0.15) is 15.2 Å². The molecule has 8 heteroatoms. The molecule has 0 bridgehead atoms. The first-order valence-corrected chi connectivity index (χ1v) is 11.7. The van der Waals surface area contributed by atoms with E-state index in [2.05, 4.69) is 43.7 Å². The summed E-state index contributed by atoms with van der Waals surface area (Å²) in [5, 5.41) is 6.57. The van der Waals surface area contributed by atoms with Crippen molar-refractivity contribution >= 4 is 39.0 Å². The number of benzene rings is 1. The van der Waals surface area contributed by atoms with Crippen molar-refractivity contribution in [1.82, 2.24) is 20.6 Å². The molecule has 0 saturated carbocycles. The summed E-state index contributed by atoms with van der Waals surface area (Å²) >= 11 is 1.32. The predicted molar refractivity (Wildman–Crippen MR) is 126 cm³/mol. The van der Waals surface area contributed by atoms with Gasteiger partial charge in [-0.2, -0.15) is 0 Å². The second-order valence-electron chi connectivity index (χ2n) is 8.60. The van der Waals surface area contributed by atoms with Gasteiger partial charge in [-0.1, -0.05) is 6.07 Å². The molecule has 31 heavy (non-hydrogen) atoms. The molecule has 1 aliphatic carbocycles. The van der Waals surface area contributed by atoms with Gasteiger partial charge < -0.3 is 21.3 Å². The third-order valence-corrected chi connectivity index (χ3v) is 7.57. The van der Waals surface area contributed by atoms with Crippen molar-refractivity contribution in [3.05, 3.63) is 46.1 Å². The average molecular weight is 437 g/mol. The van der Waals surface area contributed by atoms with Crippen molar-refractivity contribution in [2.45, 2.75) is 44.7 Å². The summed E-state index contributed by atoms with van der Waals surface area (Å²) in [6.45, 7) is 4.05. The van der Waals surface area contributed by atoms with Crippen LogP contribution in [0.1, 0.15) is 39.3 Å². The Morgan fingerprint density at radius 2 is 2.13 bits per heavy atom. The zero-order valence-corrected chi connectivity index (χ0v) is 18.8. The highest BCUT2D eigenvalue weighted by molar-refractivity contribution is 7.21. The van der Waals surface area contributed by atoms with Gasteiger partial charge in [0.25, 0.3) is 5.91 Å². The van der Waals surface area contributed by atoms with E-state index in [1.165, 1.54) is 34.6 Å². The lowest BCUT2D eigenvalue weighted by Gasteiger charge is -2.27. The molecule has 1 fully saturated rings. The van der Waals surface area contributed by atoms with Crippen molar-refractivity contribution < 1.29 is 4.79 Å². The first kappa shape index (κ1) is 20.2. The molecule has 1 aliphatic heterocycles. The summed E-state index contributed by atoms with van der Waals surface area (Å²) in [5.41, 5.74) is 12.1. The fourth-order valence-corrected chi connectivity index (χ4v) is 5.68. The van der Waals surface area contributed by atoms with Gasteiger partial charge >= 0.3 is 0 Å². The molecule has 4 N–H and O–H groups in total. The number of likely N-dealkylation sites (N-methyl/N-ethyl adjacent to an activating group) is 1. The number of hydrogen-bond donors (Lipinski definition) is 3. The maximum absolute atomic E-state index is 12.9. The Labute approximate surface area is 186 Å². The molecule has 1 amide bonds. The van der Waals surface area contributed by atoms with Gasteiger partial charge in [0.2, 0.25) is 0 Å². The van der Waals surface area contributed by atoms with Crippen LogP contribution in [-0.2, 0) is 12.8 Å². The summed E-state index contributed by atoms with van der Waals surface area (Å²) < 4.78 is 0. The number of nitrogens with one attached hydrogen (secondary N) is 2. The Kier molecular flexibility index (Phi) is 5.27. The first-order valence-electron chi connectivity index (χ1n) is 10.9. The summed E-state index contributed by atoms with van der Waals surface area (Å²) in [5.74, 6) is -0.125. The van der Waals surface area contributed by atoms with Gasteiger partial charge in [-0.15, -0.1) is 11.3 Å². The zero-order chi connectivity index (χ0) is 21.5. The van der Waals surface area contributed by atoms with Gasteiger partial charge in [-0.05, 0) is 62.9 Å². The Morgan fingerprint density at radius 1 is 1.26 bits per heavy atom. The minimum atomic E-state index is -0.125. The lowest BCUT2D eigenvalue weighted by molar-refractivity contribution is 0.0938. The molecule has 1 aromatic carbocycles. The Hall–Kier alpha value is -2.71. The molecule has 0 radical (unpaired) electrons. The van der Waals surface area contributed by atoms with Crippen LogP contribution in [0.15, 0.2) is 24.4 Å². The molecule has 0 spiro atoms. The predicted octanol–water partition coefficient (Wildman–Crippen LogP) is 2.67. The van der Waals surface area contributed by atoms with Crippen LogP contribution in [0.2, 0.25) is 0 Å². The lowest BCUT2D eigenvalue weighted by Crippen LogP contribution is -2.38. The highest BCUT2D eigenvalue weighted by Crippen LogP contribution is 2.32. The highest BCUT2D eigenvalue weighted by Gasteiger charge is 2.26. The molecule has 5 rings (SSSR count). The standard InChI is InChI=1S/C23H28N6OS/c1-13-11-26-20-19(24)21(31-23(20)27-13)22(30)28-16-5-3-15-10-18(6-4-14(15)9-16)29-8-7-17(12-29)25-2/h4,6,10-11,16-17,25H,3,5,7-9,12,24H2,1-2H3,(H,28,30)/t16-,17?/m0/s1. The van der Waals surface area contributed by atoms with E-state index in [9.17, 15) is 4.79 Å². The Bertz CT molecular complexity index is 1140. The topological polar surface area (TPSA) is 96.2 Å². The number of nitrogen functional groups attached to an aromatic ring is 1. The average Bonchev–Trinajstić information content (AvgIpc) is 3.38. The monoisotopic (exact) mass is 436 g/mol. The molecular weight excluding hydrogens is 408 g/mol. The smallest absolute Gasteiger partial charge is 0.263 e. The number of hydrogen-bond acceptors (Lipinski definition) is 7. The van der Waals surface area contributed by atoms with E-state index >= 15 is 0 Å². The molecule has 3 aromatic rings. The molecule has 2 aromatic heterocycles. The largest absolute Gasteiger partial charge is 0.396 e. The fraction of sp³-hybridized carbons (Fsp3) is 0.435. The second-order valence-corrected chi connectivity index (χ2v) is 9.60. The van der Waals surface area contributed by atoms with Crippen molar-refractivity contribution in [3.8, 4) is 0 Å². The van der Waals surface area contributed by atoms with Crippen molar-refractivity contribution in [3.63, 3.8) is 0 Å². The van der Waals surface area contributed by atoms with Gasteiger partial charge in [0.15, 0.2) is 0 Å². The Morgan fingerprint density at radius 3 is 2.94 bits per heavy atom. The van der Waals surface area contributed by atoms with Gasteiger partial charge in [0.05, 0.1) is 11.4 Å². The maximum atomic E-state index is 12.9. The van der Waals surface area contributed by atoms with Crippen LogP contribution in [0.3, 0.4) is 0 Å². The van der Waals surface area contributed by atoms with E-state index in [0.717, 1.165) is 38.0 Å². The molecule has 162 valence electrons. The summed E-state index contributed by atoms with van der Waals surface area (Å²) in [7, 11) is 2.04. The van der Waals surface area contributed by atoms with Crippen LogP contribution < -0.4 is 21.3 Å². The Balaban J connectivity index is 1.28. The number of thiophene rings is 1. The van der Waals surface area contributed by atoms with E-state index in [0.29, 0.717) is 27.0 Å². The minimum absolute atomic E-state index is 0.110. The van der Waals surface area contributed by atoms with E-state index in [1.807, 2.05) is 14.0 Å². The lowest BCUT2D eigenvalue weighted by atomic mass is 9.87. The van der Waals surface area contributed by atoms with Gasteiger partial charge in [0, 0.05) is 37.1 Å². The van der Waals surface area contributed by atoms with Crippen LogP contribution in [0.4, 0.5) is 11.4 Å². The number of amides is 1. The number of rotatable bonds is 4. The highest BCUT2D eigenvalue weighted by atomic mass is 32.1. The number of carbonyl (C=O) groups is 1. The van der Waals surface area contributed by atoms with Crippen LogP contribution in [0.5, 0.6) is 0 Å². The van der Waals surface area contributed by atoms with Crippen LogP contribution in [0, 0.1) is 6.92 Å². The SMILES string of the molecule is CNC1CCN(c2ccc3c(c2)CC[C@H](NC(=O)c2sc4nc(C)cnc4c2N)C3)C1. The van der Waals surface area contributed by atoms with Crippen molar-refractivity contribution in [2.75, 3.05) is 30.8 Å². The first-order chi connectivity index (χ1) is 15.0.